The number of phenols is 1. The van der Waals surface area contributed by atoms with Crippen molar-refractivity contribution in [2.75, 3.05) is 0 Å². The highest BCUT2D eigenvalue weighted by molar-refractivity contribution is 5.98. The molecule has 0 amide bonds. The largest absolute Gasteiger partial charge is 0.507 e. The Labute approximate surface area is 375 Å². The van der Waals surface area contributed by atoms with Crippen molar-refractivity contribution in [3.63, 3.8) is 0 Å². The Morgan fingerprint density at radius 2 is 1.16 bits per heavy atom. The van der Waals surface area contributed by atoms with Gasteiger partial charge in [-0.3, -0.25) is 9.55 Å². The number of pyridine rings is 1. The van der Waals surface area contributed by atoms with Crippen LogP contribution in [0.15, 0.2) is 140 Å². The van der Waals surface area contributed by atoms with Crippen molar-refractivity contribution in [3.05, 3.63) is 167 Å². The van der Waals surface area contributed by atoms with E-state index in [4.69, 9.17) is 9.97 Å². The number of hydrogen-bond donors (Lipinski definition) is 1. The van der Waals surface area contributed by atoms with Gasteiger partial charge in [0.2, 0.25) is 0 Å². The normalized spacial score (nSPS) is 12.6. The number of nitrogens with zero attached hydrogens (tertiary/aromatic N) is 3. The van der Waals surface area contributed by atoms with Crippen LogP contribution >= 0.6 is 0 Å². The van der Waals surface area contributed by atoms with Gasteiger partial charge in [-0.1, -0.05) is 161 Å². The molecule has 8 aromatic rings. The van der Waals surface area contributed by atoms with Crippen molar-refractivity contribution in [1.29, 1.82) is 0 Å². The van der Waals surface area contributed by atoms with Gasteiger partial charge in [-0.05, 0) is 134 Å². The molecule has 0 aliphatic carbocycles. The fraction of sp³-hybridized carbons (Fsp3) is 0.288. The second kappa shape index (κ2) is 15.8. The quantitative estimate of drug-likeness (QED) is 0.174. The number of rotatable bonds is 7. The maximum absolute atomic E-state index is 11.9. The van der Waals surface area contributed by atoms with Gasteiger partial charge in [0.1, 0.15) is 11.6 Å². The average Bonchev–Trinajstić information content (AvgIpc) is 3.63. The molecular formula is C59H63N3O. The van der Waals surface area contributed by atoms with Crippen LogP contribution in [0.1, 0.15) is 104 Å². The molecule has 6 aromatic carbocycles. The molecule has 0 bridgehead atoms. The summed E-state index contributed by atoms with van der Waals surface area (Å²) in [7, 11) is 0. The Kier molecular flexibility index (Phi) is 10.9. The minimum atomic E-state index is -0.137. The van der Waals surface area contributed by atoms with Gasteiger partial charge in [0, 0.05) is 22.9 Å². The van der Waals surface area contributed by atoms with Crippen LogP contribution in [0.5, 0.6) is 5.75 Å². The number of imidazole rings is 1. The molecule has 0 atom stereocenters. The number of benzene rings is 6. The van der Waals surface area contributed by atoms with E-state index in [2.05, 4.69) is 215 Å². The Balaban J connectivity index is 1.38. The molecule has 63 heavy (non-hydrogen) atoms. The molecule has 0 unspecified atom stereocenters. The molecule has 0 radical (unpaired) electrons. The third-order valence-corrected chi connectivity index (χ3v) is 13.5. The Morgan fingerprint density at radius 1 is 0.492 bits per heavy atom. The van der Waals surface area contributed by atoms with Gasteiger partial charge < -0.3 is 5.11 Å². The predicted molar refractivity (Wildman–Crippen MR) is 267 cm³/mol. The zero-order valence-corrected chi connectivity index (χ0v) is 39.6. The molecule has 1 N–H and O–H groups in total. The van der Waals surface area contributed by atoms with Crippen LogP contribution < -0.4 is 0 Å². The van der Waals surface area contributed by atoms with Crippen LogP contribution in [0, 0.1) is 19.3 Å². The molecule has 2 heterocycles. The molecule has 0 aliphatic heterocycles. The summed E-state index contributed by atoms with van der Waals surface area (Å²) in [6, 6.07) is 48.3. The van der Waals surface area contributed by atoms with Gasteiger partial charge in [-0.25, -0.2) is 4.98 Å². The standard InChI is InChI=1S/C59H63N3O/c1-37-30-38(2)54(63)49(31-37)55-61-53-47(20-17-21-52(53)62(55)51-27-26-45(59(12,13)58(9,10)11)36-48(51)40-18-15-14-16-19-40)42-32-43(34-46(33-42)57(6,7)8)50-35-41(28-29-60-50)39-22-24-44(25-23-39)56(3,4)5/h14-36,63H,1-13H3. The fourth-order valence-electron chi connectivity index (χ4n) is 8.58. The number of aromatic hydroxyl groups is 1. The molecule has 0 saturated heterocycles. The zero-order valence-electron chi connectivity index (χ0n) is 39.6. The number of aromatic nitrogens is 3. The van der Waals surface area contributed by atoms with Gasteiger partial charge in [0.25, 0.3) is 0 Å². The Morgan fingerprint density at radius 3 is 1.83 bits per heavy atom. The lowest BCUT2D eigenvalue weighted by molar-refractivity contribution is 0.225. The molecule has 320 valence electrons. The average molecular weight is 830 g/mol. The maximum Gasteiger partial charge on any atom is 0.149 e. The lowest BCUT2D eigenvalue weighted by Gasteiger charge is -2.40. The monoisotopic (exact) mass is 829 g/mol. The van der Waals surface area contributed by atoms with Crippen molar-refractivity contribution in [3.8, 4) is 67.5 Å². The van der Waals surface area contributed by atoms with Gasteiger partial charge >= 0.3 is 0 Å². The van der Waals surface area contributed by atoms with E-state index in [1.54, 1.807) is 0 Å². The predicted octanol–water partition coefficient (Wildman–Crippen LogP) is 16.0. The van der Waals surface area contributed by atoms with Crippen LogP contribution in [-0.4, -0.2) is 19.6 Å². The number of phenolic OH excluding ortho intramolecular Hbond substituents is 1. The summed E-state index contributed by atoms with van der Waals surface area (Å²) >= 11 is 0. The van der Waals surface area contributed by atoms with Crippen molar-refractivity contribution >= 4 is 11.0 Å². The van der Waals surface area contributed by atoms with E-state index >= 15 is 0 Å². The van der Waals surface area contributed by atoms with Crippen LogP contribution in [0.3, 0.4) is 0 Å². The van der Waals surface area contributed by atoms with Crippen LogP contribution in [0.2, 0.25) is 0 Å². The summed E-state index contributed by atoms with van der Waals surface area (Å²) in [5.41, 5.74) is 17.6. The third-order valence-electron chi connectivity index (χ3n) is 13.5. The molecule has 8 rings (SSSR count). The molecule has 0 saturated carbocycles. The van der Waals surface area contributed by atoms with Gasteiger partial charge in [0.05, 0.1) is 28.0 Å². The topological polar surface area (TPSA) is 50.9 Å². The summed E-state index contributed by atoms with van der Waals surface area (Å²) in [4.78, 5) is 10.5. The second-order valence-electron chi connectivity index (χ2n) is 21.2. The lowest BCUT2D eigenvalue weighted by Crippen LogP contribution is -2.34. The van der Waals surface area contributed by atoms with E-state index in [1.807, 2.05) is 19.2 Å². The summed E-state index contributed by atoms with van der Waals surface area (Å²) < 4.78 is 2.27. The third kappa shape index (κ3) is 8.24. The SMILES string of the molecule is Cc1cc(C)c(O)c(-c2nc3c(-c4cc(-c5cc(-c6ccc(C(C)(C)C)cc6)ccn5)cc(C(C)(C)C)c4)cccc3n2-c2ccc(C(C)(C)C(C)(C)C)cc2-c2ccccc2)c1. The summed E-state index contributed by atoms with van der Waals surface area (Å²) in [6.07, 6.45) is 1.93. The first-order valence-electron chi connectivity index (χ1n) is 22.4. The number of hydrogen-bond acceptors (Lipinski definition) is 3. The van der Waals surface area contributed by atoms with Crippen molar-refractivity contribution in [2.45, 2.75) is 106 Å². The summed E-state index contributed by atoms with van der Waals surface area (Å²) in [5, 5.41) is 11.9. The van der Waals surface area contributed by atoms with E-state index in [0.717, 1.165) is 66.9 Å². The summed E-state index contributed by atoms with van der Waals surface area (Å²) in [5.74, 6) is 0.933. The lowest BCUT2D eigenvalue weighted by atomic mass is 9.65. The van der Waals surface area contributed by atoms with E-state index in [1.165, 1.54) is 22.3 Å². The molecule has 4 nitrogen and oxygen atoms in total. The van der Waals surface area contributed by atoms with Crippen LogP contribution in [-0.2, 0) is 16.2 Å². The Hall–Kier alpha value is -6.26. The first-order chi connectivity index (χ1) is 29.6. The molecular weight excluding hydrogens is 767 g/mol. The van der Waals surface area contributed by atoms with Gasteiger partial charge in [-0.15, -0.1) is 0 Å². The molecule has 0 aliphatic rings. The van der Waals surface area contributed by atoms with E-state index in [0.29, 0.717) is 11.4 Å². The van der Waals surface area contributed by atoms with Crippen molar-refractivity contribution in [2.24, 2.45) is 5.41 Å². The van der Waals surface area contributed by atoms with E-state index in [9.17, 15) is 5.11 Å². The number of aryl methyl sites for hydroxylation is 2. The summed E-state index contributed by atoms with van der Waals surface area (Å²) in [6.45, 7) is 29.2. The first-order valence-corrected chi connectivity index (χ1v) is 22.4. The maximum atomic E-state index is 11.9. The number of fused-ring (bicyclic) bond motifs is 1. The van der Waals surface area contributed by atoms with Crippen molar-refractivity contribution in [1.82, 2.24) is 14.5 Å². The van der Waals surface area contributed by atoms with Gasteiger partial charge in [-0.2, -0.15) is 0 Å². The molecule has 4 heteroatoms. The molecule has 0 fully saturated rings. The van der Waals surface area contributed by atoms with E-state index in [-0.39, 0.29) is 27.4 Å². The van der Waals surface area contributed by atoms with Crippen LogP contribution in [0.25, 0.3) is 72.7 Å². The first kappa shape index (κ1) is 43.4. The zero-order chi connectivity index (χ0) is 45.2. The van der Waals surface area contributed by atoms with Crippen molar-refractivity contribution < 1.29 is 5.11 Å². The highest BCUT2D eigenvalue weighted by Crippen LogP contribution is 2.46. The second-order valence-corrected chi connectivity index (χ2v) is 21.2. The highest BCUT2D eigenvalue weighted by atomic mass is 16.3. The van der Waals surface area contributed by atoms with Gasteiger partial charge in [0.15, 0.2) is 0 Å². The molecule has 2 aromatic heterocycles. The smallest absolute Gasteiger partial charge is 0.149 e. The molecule has 0 spiro atoms. The fourth-order valence-corrected chi connectivity index (χ4v) is 8.58. The number of para-hydroxylation sites is 1. The van der Waals surface area contributed by atoms with E-state index < -0.39 is 0 Å². The minimum Gasteiger partial charge on any atom is -0.507 e. The Bertz CT molecular complexity index is 2980. The van der Waals surface area contributed by atoms with Crippen LogP contribution in [0.4, 0.5) is 0 Å². The highest BCUT2D eigenvalue weighted by Gasteiger charge is 2.35. The minimum absolute atomic E-state index is 0.0180.